The van der Waals surface area contributed by atoms with Gasteiger partial charge in [0.2, 0.25) is 5.89 Å². The number of alkyl halides is 3. The van der Waals surface area contributed by atoms with Crippen LogP contribution in [0.4, 0.5) is 17.6 Å². The van der Waals surface area contributed by atoms with Crippen molar-refractivity contribution in [3.8, 4) is 11.5 Å². The lowest BCUT2D eigenvalue weighted by Gasteiger charge is -2.05. The van der Waals surface area contributed by atoms with E-state index in [1.165, 1.54) is 36.4 Å². The fourth-order valence-electron chi connectivity index (χ4n) is 2.03. The number of halogens is 4. The Kier molecular flexibility index (Phi) is 5.08. The van der Waals surface area contributed by atoms with E-state index in [9.17, 15) is 22.4 Å². The average Bonchev–Trinajstić information content (AvgIpc) is 3.09. The SMILES string of the molecule is O=C(CSc1nnc(-c2ccc(C(F)(F)F)cc2)o1)c1ccc(F)cc1. The van der Waals surface area contributed by atoms with Crippen LogP contribution in [-0.4, -0.2) is 21.7 Å². The first-order chi connectivity index (χ1) is 12.3. The van der Waals surface area contributed by atoms with Crippen LogP contribution >= 0.6 is 11.8 Å². The highest BCUT2D eigenvalue weighted by atomic mass is 32.2. The van der Waals surface area contributed by atoms with Crippen molar-refractivity contribution in [2.75, 3.05) is 5.75 Å². The summed E-state index contributed by atoms with van der Waals surface area (Å²) in [5, 5.41) is 7.62. The molecule has 4 nitrogen and oxygen atoms in total. The number of benzene rings is 2. The Bertz CT molecular complexity index is 906. The smallest absolute Gasteiger partial charge is 0.411 e. The normalized spacial score (nSPS) is 11.5. The topological polar surface area (TPSA) is 56.0 Å². The van der Waals surface area contributed by atoms with Crippen molar-refractivity contribution in [1.82, 2.24) is 10.2 Å². The Morgan fingerprint density at radius 2 is 1.65 bits per heavy atom. The van der Waals surface area contributed by atoms with Gasteiger partial charge in [0.05, 0.1) is 11.3 Å². The number of hydrogen-bond donors (Lipinski definition) is 0. The first-order valence-corrected chi connectivity index (χ1v) is 8.24. The molecule has 0 atom stereocenters. The second kappa shape index (κ2) is 7.28. The number of ketones is 1. The van der Waals surface area contributed by atoms with Crippen molar-refractivity contribution in [2.24, 2.45) is 0 Å². The van der Waals surface area contributed by atoms with Crippen molar-refractivity contribution < 1.29 is 26.8 Å². The second-order valence-corrected chi connectivity index (χ2v) is 6.09. The summed E-state index contributed by atoms with van der Waals surface area (Å²) in [6.45, 7) is 0. The molecule has 0 amide bonds. The van der Waals surface area contributed by atoms with Crippen LogP contribution in [-0.2, 0) is 6.18 Å². The molecule has 0 fully saturated rings. The third-order valence-electron chi connectivity index (χ3n) is 3.36. The average molecular weight is 382 g/mol. The number of carbonyl (C=O) groups excluding carboxylic acids is 1. The summed E-state index contributed by atoms with van der Waals surface area (Å²) >= 11 is 0.987. The Labute approximate surface area is 149 Å². The summed E-state index contributed by atoms with van der Waals surface area (Å²) in [6.07, 6.45) is -4.42. The van der Waals surface area contributed by atoms with Crippen molar-refractivity contribution in [3.05, 3.63) is 65.5 Å². The van der Waals surface area contributed by atoms with Gasteiger partial charge in [-0.2, -0.15) is 13.2 Å². The van der Waals surface area contributed by atoms with Crippen molar-refractivity contribution in [2.45, 2.75) is 11.4 Å². The third kappa shape index (κ3) is 4.29. The Morgan fingerprint density at radius 1 is 1.00 bits per heavy atom. The molecular weight excluding hydrogens is 372 g/mol. The van der Waals surface area contributed by atoms with Crippen molar-refractivity contribution in [3.63, 3.8) is 0 Å². The molecule has 0 spiro atoms. The van der Waals surface area contributed by atoms with E-state index in [0.717, 1.165) is 23.9 Å². The molecule has 0 saturated heterocycles. The highest BCUT2D eigenvalue weighted by Crippen LogP contribution is 2.31. The molecule has 0 aliphatic rings. The zero-order valence-electron chi connectivity index (χ0n) is 13.0. The predicted octanol–water partition coefficient (Wildman–Crippen LogP) is 4.87. The summed E-state index contributed by atoms with van der Waals surface area (Å²) < 4.78 is 55.9. The van der Waals surface area contributed by atoms with Gasteiger partial charge in [0.25, 0.3) is 5.22 Å². The van der Waals surface area contributed by atoms with Gasteiger partial charge in [-0.15, -0.1) is 10.2 Å². The molecule has 0 aliphatic heterocycles. The molecule has 2 aromatic carbocycles. The fraction of sp³-hybridized carbons (Fsp3) is 0.118. The summed E-state index contributed by atoms with van der Waals surface area (Å²) in [5.41, 5.74) is -0.0937. The first-order valence-electron chi connectivity index (χ1n) is 7.25. The number of aromatic nitrogens is 2. The van der Waals surface area contributed by atoms with E-state index in [1.807, 2.05) is 0 Å². The van der Waals surface area contributed by atoms with Gasteiger partial charge in [0.1, 0.15) is 5.82 Å². The molecule has 3 aromatic rings. The molecule has 134 valence electrons. The molecule has 26 heavy (non-hydrogen) atoms. The lowest BCUT2D eigenvalue weighted by atomic mass is 10.1. The molecular formula is C17H10F4N2O2S. The molecule has 0 aliphatic carbocycles. The zero-order valence-corrected chi connectivity index (χ0v) is 13.8. The summed E-state index contributed by atoms with van der Waals surface area (Å²) in [4.78, 5) is 12.0. The number of Topliss-reactive ketones (excluding diaryl/α,β-unsaturated/α-hetero) is 1. The van der Waals surface area contributed by atoms with Gasteiger partial charge in [0.15, 0.2) is 5.78 Å². The summed E-state index contributed by atoms with van der Waals surface area (Å²) in [6, 6.07) is 9.43. The minimum Gasteiger partial charge on any atom is -0.411 e. The molecule has 3 rings (SSSR count). The predicted molar refractivity (Wildman–Crippen MR) is 86.2 cm³/mol. The number of nitrogens with zero attached hydrogens (tertiary/aromatic N) is 2. The van der Waals surface area contributed by atoms with E-state index >= 15 is 0 Å². The van der Waals surface area contributed by atoms with E-state index in [4.69, 9.17) is 4.42 Å². The van der Waals surface area contributed by atoms with E-state index in [-0.39, 0.29) is 22.6 Å². The lowest BCUT2D eigenvalue weighted by Crippen LogP contribution is -2.03. The Morgan fingerprint density at radius 3 is 2.27 bits per heavy atom. The Balaban J connectivity index is 1.64. The van der Waals surface area contributed by atoms with Crippen LogP contribution in [0.25, 0.3) is 11.5 Å². The van der Waals surface area contributed by atoms with Gasteiger partial charge in [-0.1, -0.05) is 11.8 Å². The Hall–Kier alpha value is -2.68. The maximum atomic E-state index is 12.8. The highest BCUT2D eigenvalue weighted by Gasteiger charge is 2.30. The van der Waals surface area contributed by atoms with Gasteiger partial charge < -0.3 is 4.42 Å². The monoisotopic (exact) mass is 382 g/mol. The fourth-order valence-corrected chi connectivity index (χ4v) is 2.69. The molecule has 0 unspecified atom stereocenters. The number of rotatable bonds is 5. The maximum Gasteiger partial charge on any atom is 0.416 e. The van der Waals surface area contributed by atoms with Gasteiger partial charge in [-0.3, -0.25) is 4.79 Å². The summed E-state index contributed by atoms with van der Waals surface area (Å²) in [5.74, 6) is -0.632. The number of carbonyl (C=O) groups is 1. The molecule has 1 aromatic heterocycles. The van der Waals surface area contributed by atoms with Gasteiger partial charge in [-0.05, 0) is 48.5 Å². The van der Waals surface area contributed by atoms with Crippen LogP contribution in [0.2, 0.25) is 0 Å². The third-order valence-corrected chi connectivity index (χ3v) is 4.18. The first kappa shape index (κ1) is 18.1. The molecule has 9 heteroatoms. The van der Waals surface area contributed by atoms with E-state index in [2.05, 4.69) is 10.2 Å². The summed E-state index contributed by atoms with van der Waals surface area (Å²) in [7, 11) is 0. The van der Waals surface area contributed by atoms with Crippen LogP contribution in [0.3, 0.4) is 0 Å². The van der Waals surface area contributed by atoms with E-state index in [1.54, 1.807) is 0 Å². The molecule has 0 bridgehead atoms. The quantitative estimate of drug-likeness (QED) is 0.358. The van der Waals surface area contributed by atoms with Crippen LogP contribution in [0.1, 0.15) is 15.9 Å². The lowest BCUT2D eigenvalue weighted by molar-refractivity contribution is -0.137. The van der Waals surface area contributed by atoms with Crippen molar-refractivity contribution >= 4 is 17.5 Å². The zero-order chi connectivity index (χ0) is 18.7. The second-order valence-electron chi connectivity index (χ2n) is 5.17. The van der Waals surface area contributed by atoms with Gasteiger partial charge in [0, 0.05) is 11.1 Å². The van der Waals surface area contributed by atoms with Crippen molar-refractivity contribution in [1.29, 1.82) is 0 Å². The number of thioether (sulfide) groups is 1. The molecule has 0 saturated carbocycles. The van der Waals surface area contributed by atoms with E-state index < -0.39 is 17.6 Å². The highest BCUT2D eigenvalue weighted by molar-refractivity contribution is 7.99. The number of hydrogen-bond acceptors (Lipinski definition) is 5. The van der Waals surface area contributed by atoms with Crippen LogP contribution in [0, 0.1) is 5.82 Å². The standard InChI is InChI=1S/C17H10F4N2O2S/c18-13-7-3-10(4-8-13)14(24)9-26-16-23-22-15(25-16)11-1-5-12(6-2-11)17(19,20)21/h1-8H,9H2. The van der Waals surface area contributed by atoms with Crippen LogP contribution in [0.5, 0.6) is 0 Å². The molecule has 0 radical (unpaired) electrons. The van der Waals surface area contributed by atoms with E-state index in [0.29, 0.717) is 11.1 Å². The minimum atomic E-state index is -4.42. The molecule has 0 N–H and O–H groups in total. The maximum absolute atomic E-state index is 12.8. The molecule has 1 heterocycles. The largest absolute Gasteiger partial charge is 0.416 e. The minimum absolute atomic E-state index is 0.000275. The van der Waals surface area contributed by atoms with Crippen LogP contribution < -0.4 is 0 Å². The van der Waals surface area contributed by atoms with Crippen LogP contribution in [0.15, 0.2) is 58.2 Å². The van der Waals surface area contributed by atoms with Gasteiger partial charge in [-0.25, -0.2) is 4.39 Å². The van der Waals surface area contributed by atoms with Gasteiger partial charge >= 0.3 is 6.18 Å².